The summed E-state index contributed by atoms with van der Waals surface area (Å²) in [6.07, 6.45) is 6.52. The van der Waals surface area contributed by atoms with E-state index in [1.165, 1.54) is 36.1 Å². The summed E-state index contributed by atoms with van der Waals surface area (Å²) in [6, 6.07) is 7.08. The number of fused-ring (bicyclic) bond motifs is 1. The minimum absolute atomic E-state index is 0.0383. The molecule has 5 heteroatoms. The highest BCUT2D eigenvalue weighted by molar-refractivity contribution is 5.47. The van der Waals surface area contributed by atoms with Gasteiger partial charge in [0.1, 0.15) is 12.3 Å². The number of nitrogens with one attached hydrogen (secondary N) is 1. The molecule has 4 fully saturated rings. The summed E-state index contributed by atoms with van der Waals surface area (Å²) in [4.78, 5) is 2.64. The van der Waals surface area contributed by atoms with Gasteiger partial charge in [0.2, 0.25) is 0 Å². The summed E-state index contributed by atoms with van der Waals surface area (Å²) in [5, 5.41) is 15.8. The van der Waals surface area contributed by atoms with E-state index in [1.54, 1.807) is 0 Å². The highest BCUT2D eigenvalue weighted by Crippen LogP contribution is 2.56. The Morgan fingerprint density at radius 3 is 2.81 bits per heavy atom. The number of aliphatic hydroxyl groups is 1. The molecule has 1 aromatic carbocycles. The number of benzene rings is 1. The lowest BCUT2D eigenvalue weighted by Crippen LogP contribution is -2.71. The molecule has 146 valence electrons. The predicted molar refractivity (Wildman–Crippen MR) is 103 cm³/mol. The zero-order chi connectivity index (χ0) is 18.2. The van der Waals surface area contributed by atoms with Crippen molar-refractivity contribution >= 4 is 0 Å². The molecule has 5 aliphatic rings. The molecule has 3 aliphatic heterocycles. The van der Waals surface area contributed by atoms with Gasteiger partial charge in [-0.15, -0.1) is 0 Å². The van der Waals surface area contributed by atoms with Gasteiger partial charge in [0, 0.05) is 18.0 Å². The zero-order valence-corrected chi connectivity index (χ0v) is 16.0. The summed E-state index contributed by atoms with van der Waals surface area (Å²) in [5.74, 6) is 0.863. The average molecular weight is 370 g/mol. The van der Waals surface area contributed by atoms with Crippen molar-refractivity contribution in [3.63, 3.8) is 0 Å². The second-order valence-electron chi connectivity index (χ2n) is 9.60. The first-order valence-corrected chi connectivity index (χ1v) is 10.8. The van der Waals surface area contributed by atoms with Crippen LogP contribution in [0.25, 0.3) is 0 Å². The van der Waals surface area contributed by atoms with Gasteiger partial charge in [-0.25, -0.2) is 0 Å². The van der Waals surface area contributed by atoms with Gasteiger partial charge in [-0.1, -0.05) is 18.2 Å². The van der Waals surface area contributed by atoms with Crippen LogP contribution in [-0.2, 0) is 16.6 Å². The molecule has 5 unspecified atom stereocenters. The fourth-order valence-electron chi connectivity index (χ4n) is 6.43. The number of ether oxygens (including phenoxy) is 1. The number of hydrogen-bond acceptors (Lipinski definition) is 5. The lowest BCUT2D eigenvalue weighted by molar-refractivity contribution is -0.148. The van der Waals surface area contributed by atoms with Gasteiger partial charge in [0.05, 0.1) is 5.60 Å². The van der Waals surface area contributed by atoms with Gasteiger partial charge >= 0.3 is 0 Å². The molecule has 1 saturated carbocycles. The van der Waals surface area contributed by atoms with Crippen LogP contribution in [0.15, 0.2) is 18.2 Å². The Morgan fingerprint density at radius 1 is 1.22 bits per heavy atom. The lowest BCUT2D eigenvalue weighted by atomic mass is 9.52. The predicted octanol–water partition coefficient (Wildman–Crippen LogP) is 1.44. The highest BCUT2D eigenvalue weighted by atomic mass is 16.6. The molecule has 2 bridgehead atoms. The number of nitrogens with two attached hydrogens (primary N) is 1. The van der Waals surface area contributed by atoms with E-state index in [0.29, 0.717) is 0 Å². The molecule has 0 amide bonds. The maximum atomic E-state index is 12.3. The van der Waals surface area contributed by atoms with Gasteiger partial charge in [0.25, 0.3) is 0 Å². The molecule has 3 saturated heterocycles. The number of rotatable bonds is 3. The third-order valence-electron chi connectivity index (χ3n) is 8.16. The number of likely N-dealkylation sites (tertiary alicyclic amines) is 1. The SMILES string of the molecule is NC1OC1c1ccc2c(c1)C13CCNCCC1(O)C(C2)N(CC1CC1)CC3. The van der Waals surface area contributed by atoms with Gasteiger partial charge in [-0.05, 0) is 80.8 Å². The fraction of sp³-hybridized carbons (Fsp3) is 0.727. The Balaban J connectivity index is 1.46. The van der Waals surface area contributed by atoms with Crippen molar-refractivity contribution in [3.8, 4) is 0 Å². The van der Waals surface area contributed by atoms with Crippen LogP contribution < -0.4 is 11.1 Å². The molecule has 1 aromatic rings. The lowest BCUT2D eigenvalue weighted by Gasteiger charge is -2.61. The molecule has 0 spiro atoms. The van der Waals surface area contributed by atoms with Crippen molar-refractivity contribution in [2.24, 2.45) is 11.7 Å². The molecule has 4 N–H and O–H groups in total. The van der Waals surface area contributed by atoms with Crippen LogP contribution in [0.5, 0.6) is 0 Å². The van der Waals surface area contributed by atoms with Crippen LogP contribution in [0.3, 0.4) is 0 Å². The van der Waals surface area contributed by atoms with E-state index in [9.17, 15) is 5.11 Å². The first-order valence-electron chi connectivity index (χ1n) is 10.8. The molecular weight excluding hydrogens is 338 g/mol. The molecule has 3 heterocycles. The molecular formula is C22H31N3O2. The third kappa shape index (κ3) is 2.42. The largest absolute Gasteiger partial charge is 0.387 e. The number of epoxide rings is 1. The van der Waals surface area contributed by atoms with E-state index in [1.807, 2.05) is 0 Å². The van der Waals surface area contributed by atoms with E-state index in [4.69, 9.17) is 10.5 Å². The molecule has 0 radical (unpaired) electrons. The van der Waals surface area contributed by atoms with Crippen molar-refractivity contribution in [3.05, 3.63) is 34.9 Å². The minimum Gasteiger partial charge on any atom is -0.387 e. The van der Waals surface area contributed by atoms with E-state index < -0.39 is 5.60 Å². The number of piperidine rings is 1. The van der Waals surface area contributed by atoms with Crippen LogP contribution in [0.4, 0.5) is 0 Å². The van der Waals surface area contributed by atoms with Gasteiger partial charge in [-0.3, -0.25) is 4.90 Å². The zero-order valence-electron chi connectivity index (χ0n) is 16.0. The summed E-state index contributed by atoms with van der Waals surface area (Å²) in [7, 11) is 0. The van der Waals surface area contributed by atoms with E-state index in [0.717, 1.165) is 51.2 Å². The second-order valence-corrected chi connectivity index (χ2v) is 9.60. The van der Waals surface area contributed by atoms with Gasteiger partial charge in [0.15, 0.2) is 0 Å². The Labute approximate surface area is 161 Å². The first kappa shape index (κ1) is 16.9. The van der Waals surface area contributed by atoms with Gasteiger partial charge in [-0.2, -0.15) is 0 Å². The third-order valence-corrected chi connectivity index (χ3v) is 8.16. The Morgan fingerprint density at radius 2 is 2.04 bits per heavy atom. The fourth-order valence-corrected chi connectivity index (χ4v) is 6.43. The van der Waals surface area contributed by atoms with Crippen molar-refractivity contribution in [2.75, 3.05) is 26.2 Å². The average Bonchev–Trinajstić information content (AvgIpc) is 3.55. The maximum Gasteiger partial charge on any atom is 0.137 e. The van der Waals surface area contributed by atoms with Crippen molar-refractivity contribution in [2.45, 2.75) is 67.9 Å². The normalized spacial score (nSPS) is 43.6. The van der Waals surface area contributed by atoms with E-state index in [2.05, 4.69) is 28.4 Å². The van der Waals surface area contributed by atoms with Crippen LogP contribution >= 0.6 is 0 Å². The van der Waals surface area contributed by atoms with E-state index >= 15 is 0 Å². The smallest absolute Gasteiger partial charge is 0.137 e. The van der Waals surface area contributed by atoms with Crippen LogP contribution in [0.2, 0.25) is 0 Å². The second kappa shape index (κ2) is 5.77. The first-order chi connectivity index (χ1) is 13.1. The van der Waals surface area contributed by atoms with Crippen molar-refractivity contribution in [1.82, 2.24) is 10.2 Å². The Kier molecular flexibility index (Phi) is 3.62. The highest BCUT2D eigenvalue weighted by Gasteiger charge is 2.62. The monoisotopic (exact) mass is 369 g/mol. The maximum absolute atomic E-state index is 12.3. The summed E-state index contributed by atoms with van der Waals surface area (Å²) < 4.78 is 5.54. The molecule has 5 nitrogen and oxygen atoms in total. The molecule has 6 rings (SSSR count). The molecule has 27 heavy (non-hydrogen) atoms. The number of hydrogen-bond donors (Lipinski definition) is 3. The summed E-state index contributed by atoms with van der Waals surface area (Å²) >= 11 is 0. The molecule has 2 aliphatic carbocycles. The van der Waals surface area contributed by atoms with Crippen molar-refractivity contribution in [1.29, 1.82) is 0 Å². The Bertz CT molecular complexity index is 766. The van der Waals surface area contributed by atoms with Gasteiger partial charge < -0.3 is 20.9 Å². The quantitative estimate of drug-likeness (QED) is 0.703. The summed E-state index contributed by atoms with van der Waals surface area (Å²) in [6.45, 7) is 4.19. The van der Waals surface area contributed by atoms with Crippen LogP contribution in [0.1, 0.15) is 54.9 Å². The van der Waals surface area contributed by atoms with E-state index in [-0.39, 0.29) is 23.8 Å². The molecule has 5 atom stereocenters. The summed E-state index contributed by atoms with van der Waals surface area (Å²) in [5.41, 5.74) is 9.18. The standard InChI is InChI=1S/C22H31N3O2/c23-20-19(27-20)16-4-3-15-12-18-22(26)6-9-24-8-5-21(22,17(15)11-16)7-10-25(18)13-14-1-2-14/h3-4,11,14,18-20,24,26H,1-2,5-10,12-13,23H2. The van der Waals surface area contributed by atoms with Crippen LogP contribution in [0, 0.1) is 5.92 Å². The van der Waals surface area contributed by atoms with Crippen LogP contribution in [-0.4, -0.2) is 54.1 Å². The Hall–Kier alpha value is -0.980. The van der Waals surface area contributed by atoms with Crippen molar-refractivity contribution < 1.29 is 9.84 Å². The molecule has 0 aromatic heterocycles. The topological polar surface area (TPSA) is 74.0 Å². The number of nitrogens with zero attached hydrogens (tertiary/aromatic N) is 1. The minimum atomic E-state index is -0.637.